The third-order valence-corrected chi connectivity index (χ3v) is 7.77. The molecule has 0 bridgehead atoms. The zero-order valence-electron chi connectivity index (χ0n) is 18.1. The number of anilines is 1. The first-order valence-corrected chi connectivity index (χ1v) is 12.8. The lowest BCUT2D eigenvalue weighted by Gasteiger charge is -2.26. The summed E-state index contributed by atoms with van der Waals surface area (Å²) in [6, 6.07) is 15.0. The van der Waals surface area contributed by atoms with Crippen LogP contribution in [-0.4, -0.2) is 25.0 Å². The Morgan fingerprint density at radius 3 is 2.49 bits per heavy atom. The Kier molecular flexibility index (Phi) is 7.85. The molecule has 10 heteroatoms. The summed E-state index contributed by atoms with van der Waals surface area (Å²) < 4.78 is 7.51. The highest BCUT2D eigenvalue weighted by atomic mass is 127. The highest BCUT2D eigenvalue weighted by molar-refractivity contribution is 14.1. The van der Waals surface area contributed by atoms with Gasteiger partial charge < -0.3 is 4.74 Å². The summed E-state index contributed by atoms with van der Waals surface area (Å²) in [4.78, 5) is 39.1. The van der Waals surface area contributed by atoms with E-state index in [-0.39, 0.29) is 21.3 Å². The van der Waals surface area contributed by atoms with Crippen molar-refractivity contribution in [3.8, 4) is 5.75 Å². The van der Waals surface area contributed by atoms with Crippen molar-refractivity contribution in [1.29, 1.82) is 0 Å². The largest absolute Gasteiger partial charge is 0.496 e. The number of halogens is 4. The van der Waals surface area contributed by atoms with Gasteiger partial charge in [-0.15, -0.1) is 0 Å². The molecule has 6 nitrogen and oxygen atoms in total. The van der Waals surface area contributed by atoms with Crippen molar-refractivity contribution in [2.24, 2.45) is 0 Å². The van der Waals surface area contributed by atoms with E-state index in [1.165, 1.54) is 24.3 Å². The monoisotopic (exact) mass is 684 g/mol. The molecule has 1 heterocycles. The molecule has 1 fully saturated rings. The average molecular weight is 686 g/mol. The Balaban J connectivity index is 1.72. The lowest BCUT2D eigenvalue weighted by molar-refractivity contribution is -0.122. The Morgan fingerprint density at radius 2 is 1.80 bits per heavy atom. The van der Waals surface area contributed by atoms with Crippen molar-refractivity contribution >= 4 is 91.3 Å². The third-order valence-electron chi connectivity index (χ3n) is 5.30. The van der Waals surface area contributed by atoms with Crippen molar-refractivity contribution in [3.63, 3.8) is 0 Å². The maximum absolute atomic E-state index is 13.2. The zero-order valence-corrected chi connectivity index (χ0v) is 23.3. The lowest BCUT2D eigenvalue weighted by Crippen LogP contribution is -2.54. The number of carbonyl (C=O) groups excluding carboxylic acids is 3. The summed E-state index contributed by atoms with van der Waals surface area (Å²) in [5.74, 6) is -0.952. The molecule has 0 radical (unpaired) electrons. The van der Waals surface area contributed by atoms with Gasteiger partial charge in [0.05, 0.1) is 22.8 Å². The summed E-state index contributed by atoms with van der Waals surface area (Å²) in [6.07, 6.45) is 2.06. The van der Waals surface area contributed by atoms with E-state index in [1.54, 1.807) is 13.2 Å². The molecule has 1 aliphatic rings. The Bertz CT molecular complexity index is 1410. The number of ether oxygens (including phenoxy) is 1. The number of nitrogens with zero attached hydrogens (tertiary/aromatic N) is 1. The molecule has 0 aliphatic carbocycles. The highest BCUT2D eigenvalue weighted by Crippen LogP contribution is 2.33. The van der Waals surface area contributed by atoms with Crippen molar-refractivity contribution in [2.45, 2.75) is 6.42 Å². The predicted molar refractivity (Wildman–Crippen MR) is 148 cm³/mol. The van der Waals surface area contributed by atoms with Gasteiger partial charge in [-0.2, -0.15) is 0 Å². The molecule has 178 valence electrons. The van der Waals surface area contributed by atoms with Crippen LogP contribution in [0.4, 0.5) is 10.5 Å². The van der Waals surface area contributed by atoms with Gasteiger partial charge in [0.1, 0.15) is 11.3 Å². The van der Waals surface area contributed by atoms with Crippen LogP contribution in [0, 0.1) is 3.57 Å². The van der Waals surface area contributed by atoms with Gasteiger partial charge in [0.25, 0.3) is 11.8 Å². The first-order valence-electron chi connectivity index (χ1n) is 10.2. The summed E-state index contributed by atoms with van der Waals surface area (Å²) in [7, 11) is 1.56. The number of imide groups is 2. The normalized spacial score (nSPS) is 14.9. The van der Waals surface area contributed by atoms with E-state index < -0.39 is 17.8 Å². The van der Waals surface area contributed by atoms with E-state index in [0.717, 1.165) is 24.1 Å². The fourth-order valence-corrected chi connectivity index (χ4v) is 5.12. The van der Waals surface area contributed by atoms with Gasteiger partial charge in [-0.3, -0.25) is 14.9 Å². The first kappa shape index (κ1) is 25.7. The second-order valence-electron chi connectivity index (χ2n) is 7.51. The molecule has 35 heavy (non-hydrogen) atoms. The van der Waals surface area contributed by atoms with E-state index in [0.29, 0.717) is 17.7 Å². The smallest absolute Gasteiger partial charge is 0.335 e. The summed E-state index contributed by atoms with van der Waals surface area (Å²) in [5, 5.41) is 2.65. The summed E-state index contributed by atoms with van der Waals surface area (Å²) in [6.45, 7) is 0. The predicted octanol–water partition coefficient (Wildman–Crippen LogP) is 6.63. The number of amides is 4. The zero-order chi connectivity index (χ0) is 25.3. The number of benzene rings is 3. The fourth-order valence-electron chi connectivity index (χ4n) is 3.58. The minimum Gasteiger partial charge on any atom is -0.496 e. The van der Waals surface area contributed by atoms with Gasteiger partial charge in [0.2, 0.25) is 0 Å². The van der Waals surface area contributed by atoms with E-state index in [2.05, 4.69) is 43.8 Å². The first-order chi connectivity index (χ1) is 16.7. The second-order valence-corrected chi connectivity index (χ2v) is 10.3. The van der Waals surface area contributed by atoms with Crippen LogP contribution >= 0.6 is 61.7 Å². The van der Waals surface area contributed by atoms with Crippen LogP contribution in [0.2, 0.25) is 10.0 Å². The number of barbiturate groups is 1. The molecule has 0 saturated carbocycles. The van der Waals surface area contributed by atoms with E-state index in [4.69, 9.17) is 27.9 Å². The lowest BCUT2D eigenvalue weighted by atomic mass is 10.0. The molecule has 0 aromatic heterocycles. The minimum atomic E-state index is -0.869. The van der Waals surface area contributed by atoms with Crippen LogP contribution < -0.4 is 15.0 Å². The Labute approximate surface area is 233 Å². The molecule has 0 atom stereocenters. The maximum atomic E-state index is 13.2. The van der Waals surface area contributed by atoms with Crippen molar-refractivity contribution in [3.05, 3.63) is 94.9 Å². The minimum absolute atomic E-state index is 0.173. The number of hydrogen-bond acceptors (Lipinski definition) is 4. The number of hydrogen-bond donors (Lipinski definition) is 1. The topological polar surface area (TPSA) is 75.7 Å². The van der Waals surface area contributed by atoms with Crippen LogP contribution in [0.25, 0.3) is 6.08 Å². The van der Waals surface area contributed by atoms with E-state index in [1.807, 2.05) is 30.3 Å². The average Bonchev–Trinajstić information content (AvgIpc) is 2.81. The maximum Gasteiger partial charge on any atom is 0.335 e. The van der Waals surface area contributed by atoms with Crippen molar-refractivity contribution in [1.82, 2.24) is 5.32 Å². The molecule has 1 saturated heterocycles. The molecule has 3 aromatic carbocycles. The molecular formula is C25H16BrCl2IN2O4. The molecule has 1 N–H and O–H groups in total. The molecule has 1 aliphatic heterocycles. The molecule has 4 rings (SSSR count). The van der Waals surface area contributed by atoms with E-state index >= 15 is 0 Å². The fraction of sp³-hybridized carbons (Fsp3) is 0.0800. The molecule has 3 aromatic rings. The summed E-state index contributed by atoms with van der Waals surface area (Å²) >= 11 is 17.8. The Hall–Kier alpha value is -2.40. The SMILES string of the molecule is COc1cc(/C=C2\C(=O)NC(=O)N(c3ccc(Cl)c(Cl)c3)C2=O)cc(I)c1Cc1ccccc1Br. The third kappa shape index (κ3) is 5.40. The number of rotatable bonds is 5. The van der Waals surface area contributed by atoms with Gasteiger partial charge in [-0.1, -0.05) is 57.3 Å². The molecule has 4 amide bonds. The quantitative estimate of drug-likeness (QED) is 0.186. The number of carbonyl (C=O) groups is 3. The van der Waals surface area contributed by atoms with Crippen LogP contribution in [0.3, 0.4) is 0 Å². The van der Waals surface area contributed by atoms with Gasteiger partial charge in [-0.05, 0) is 76.2 Å². The van der Waals surface area contributed by atoms with Crippen molar-refractivity contribution in [2.75, 3.05) is 12.0 Å². The second kappa shape index (κ2) is 10.7. The standard InChI is InChI=1S/C25H16BrCl2IN2O4/c1-35-22-10-13(9-21(29)16(22)11-14-4-2-3-5-18(14)26)8-17-23(32)30-25(34)31(24(17)33)15-6-7-19(27)20(28)12-15/h2-10,12H,11H2,1H3,(H,30,32,34)/b17-8+. The highest BCUT2D eigenvalue weighted by Gasteiger charge is 2.37. The molecule has 0 spiro atoms. The molecule has 0 unspecified atom stereocenters. The molecular weight excluding hydrogens is 670 g/mol. The van der Waals surface area contributed by atoms with Crippen LogP contribution in [0.15, 0.2) is 64.6 Å². The van der Waals surface area contributed by atoms with Gasteiger partial charge >= 0.3 is 6.03 Å². The van der Waals surface area contributed by atoms with Crippen molar-refractivity contribution < 1.29 is 19.1 Å². The number of nitrogens with one attached hydrogen (secondary N) is 1. The van der Waals surface area contributed by atoms with Gasteiger partial charge in [0, 0.05) is 20.0 Å². The summed E-state index contributed by atoms with van der Waals surface area (Å²) in [5.41, 5.74) is 2.62. The van der Waals surface area contributed by atoms with Crippen LogP contribution in [0.5, 0.6) is 5.75 Å². The number of urea groups is 1. The van der Waals surface area contributed by atoms with E-state index in [9.17, 15) is 14.4 Å². The number of methoxy groups -OCH3 is 1. The van der Waals surface area contributed by atoms with Crippen LogP contribution in [-0.2, 0) is 16.0 Å². The van der Waals surface area contributed by atoms with Gasteiger partial charge in [0.15, 0.2) is 0 Å². The van der Waals surface area contributed by atoms with Gasteiger partial charge in [-0.25, -0.2) is 9.69 Å². The Morgan fingerprint density at radius 1 is 1.06 bits per heavy atom. The van der Waals surface area contributed by atoms with Crippen LogP contribution in [0.1, 0.15) is 16.7 Å².